The SMILES string of the molecule is COc1cccc(C=O)c1-c1cc2cc(OCc3ccccc3)ccc2n1S(=O)(=O)c1ccccc1. The number of nitrogens with zero attached hydrogens (tertiary/aromatic N) is 1. The van der Waals surface area contributed by atoms with Gasteiger partial charge >= 0.3 is 0 Å². The lowest BCUT2D eigenvalue weighted by Crippen LogP contribution is -2.14. The first kappa shape index (κ1) is 23.4. The van der Waals surface area contributed by atoms with Crippen LogP contribution in [0, 0.1) is 0 Å². The molecule has 0 atom stereocenters. The van der Waals surface area contributed by atoms with Crippen LogP contribution in [-0.2, 0) is 16.6 Å². The normalized spacial score (nSPS) is 11.4. The van der Waals surface area contributed by atoms with E-state index >= 15 is 0 Å². The monoisotopic (exact) mass is 497 g/mol. The van der Waals surface area contributed by atoms with E-state index < -0.39 is 10.0 Å². The van der Waals surface area contributed by atoms with Gasteiger partial charge in [-0.2, -0.15) is 0 Å². The maximum absolute atomic E-state index is 13.9. The maximum atomic E-state index is 13.9. The molecule has 5 aromatic rings. The van der Waals surface area contributed by atoms with Crippen LogP contribution in [0.1, 0.15) is 15.9 Å². The van der Waals surface area contributed by atoms with Crippen molar-refractivity contribution in [2.24, 2.45) is 0 Å². The van der Waals surface area contributed by atoms with Crippen LogP contribution in [0.4, 0.5) is 0 Å². The van der Waals surface area contributed by atoms with Gasteiger partial charge in [0.1, 0.15) is 18.1 Å². The molecule has 6 nitrogen and oxygen atoms in total. The van der Waals surface area contributed by atoms with Gasteiger partial charge in [0.05, 0.1) is 28.8 Å². The molecule has 0 radical (unpaired) electrons. The number of carbonyl (C=O) groups excluding carboxylic acids is 1. The van der Waals surface area contributed by atoms with Crippen molar-refractivity contribution in [3.63, 3.8) is 0 Å². The zero-order valence-corrected chi connectivity index (χ0v) is 20.3. The third kappa shape index (κ3) is 4.25. The Morgan fingerprint density at radius 3 is 2.25 bits per heavy atom. The number of hydrogen-bond donors (Lipinski definition) is 0. The quantitative estimate of drug-likeness (QED) is 0.248. The van der Waals surface area contributed by atoms with Crippen LogP contribution in [0.25, 0.3) is 22.2 Å². The van der Waals surface area contributed by atoms with Crippen molar-refractivity contribution < 1.29 is 22.7 Å². The van der Waals surface area contributed by atoms with Gasteiger partial charge in [0.15, 0.2) is 6.29 Å². The van der Waals surface area contributed by atoms with Gasteiger partial charge in [-0.25, -0.2) is 12.4 Å². The Morgan fingerprint density at radius 2 is 1.56 bits per heavy atom. The van der Waals surface area contributed by atoms with Gasteiger partial charge in [0.25, 0.3) is 10.0 Å². The second-order valence-electron chi connectivity index (χ2n) is 8.15. The number of rotatable bonds is 8. The molecule has 0 aliphatic rings. The molecule has 7 heteroatoms. The fourth-order valence-electron chi connectivity index (χ4n) is 4.22. The van der Waals surface area contributed by atoms with E-state index in [9.17, 15) is 13.2 Å². The smallest absolute Gasteiger partial charge is 0.268 e. The summed E-state index contributed by atoms with van der Waals surface area (Å²) in [7, 11) is -2.53. The Labute approximate surface area is 209 Å². The van der Waals surface area contributed by atoms with Crippen molar-refractivity contribution in [1.29, 1.82) is 0 Å². The number of aromatic nitrogens is 1. The first-order valence-corrected chi connectivity index (χ1v) is 12.7. The minimum Gasteiger partial charge on any atom is -0.496 e. The Morgan fingerprint density at radius 1 is 0.833 bits per heavy atom. The van der Waals surface area contributed by atoms with Crippen molar-refractivity contribution in [3.8, 4) is 22.8 Å². The molecule has 0 saturated heterocycles. The number of aldehydes is 1. The molecule has 0 unspecified atom stereocenters. The summed E-state index contributed by atoms with van der Waals surface area (Å²) in [6.45, 7) is 0.379. The molecule has 5 rings (SSSR count). The maximum Gasteiger partial charge on any atom is 0.268 e. The van der Waals surface area contributed by atoms with Crippen molar-refractivity contribution in [1.82, 2.24) is 3.97 Å². The van der Waals surface area contributed by atoms with Crippen molar-refractivity contribution in [2.45, 2.75) is 11.5 Å². The summed E-state index contributed by atoms with van der Waals surface area (Å²) in [6, 6.07) is 30.0. The van der Waals surface area contributed by atoms with Gasteiger partial charge in [-0.05, 0) is 48.0 Å². The highest BCUT2D eigenvalue weighted by Crippen LogP contribution is 2.39. The van der Waals surface area contributed by atoms with Gasteiger partial charge < -0.3 is 9.47 Å². The molecule has 0 aliphatic heterocycles. The van der Waals surface area contributed by atoms with Crippen LogP contribution in [-0.4, -0.2) is 25.8 Å². The van der Waals surface area contributed by atoms with E-state index in [-0.39, 0.29) is 4.90 Å². The molecule has 180 valence electrons. The van der Waals surface area contributed by atoms with Gasteiger partial charge in [-0.15, -0.1) is 0 Å². The van der Waals surface area contributed by atoms with E-state index in [4.69, 9.17) is 9.47 Å². The van der Waals surface area contributed by atoms with Crippen LogP contribution < -0.4 is 9.47 Å². The molecule has 0 saturated carbocycles. The second kappa shape index (κ2) is 9.71. The van der Waals surface area contributed by atoms with E-state index in [1.807, 2.05) is 30.3 Å². The number of hydrogen-bond acceptors (Lipinski definition) is 5. The molecule has 0 N–H and O–H groups in total. The van der Waals surface area contributed by atoms with Gasteiger partial charge in [0.2, 0.25) is 0 Å². The molecule has 0 fully saturated rings. The third-order valence-corrected chi connectivity index (χ3v) is 7.66. The molecule has 0 amide bonds. The minimum atomic E-state index is -4.01. The highest BCUT2D eigenvalue weighted by molar-refractivity contribution is 7.90. The predicted octanol–water partition coefficient (Wildman–Crippen LogP) is 5.95. The third-order valence-electron chi connectivity index (χ3n) is 5.92. The highest BCUT2D eigenvalue weighted by Gasteiger charge is 2.27. The summed E-state index contributed by atoms with van der Waals surface area (Å²) < 4.78 is 40.6. The Kier molecular flexibility index (Phi) is 6.31. The lowest BCUT2D eigenvalue weighted by molar-refractivity contribution is 0.112. The molecular weight excluding hydrogens is 474 g/mol. The van der Waals surface area contributed by atoms with Crippen LogP contribution in [0.15, 0.2) is 108 Å². The number of carbonyl (C=O) groups is 1. The van der Waals surface area contributed by atoms with Gasteiger partial charge in [0, 0.05) is 10.9 Å². The average molecular weight is 498 g/mol. The van der Waals surface area contributed by atoms with Crippen LogP contribution in [0.5, 0.6) is 11.5 Å². The zero-order valence-electron chi connectivity index (χ0n) is 19.5. The fourth-order valence-corrected chi connectivity index (χ4v) is 5.76. The topological polar surface area (TPSA) is 74.6 Å². The van der Waals surface area contributed by atoms with Crippen molar-refractivity contribution >= 4 is 27.2 Å². The summed E-state index contributed by atoms with van der Waals surface area (Å²) >= 11 is 0. The Hall–Kier alpha value is -4.36. The molecular formula is C29H23NO5S. The lowest BCUT2D eigenvalue weighted by atomic mass is 10.0. The number of methoxy groups -OCH3 is 1. The van der Waals surface area contributed by atoms with Crippen LogP contribution in [0.2, 0.25) is 0 Å². The van der Waals surface area contributed by atoms with E-state index in [0.717, 1.165) is 5.56 Å². The predicted molar refractivity (Wildman–Crippen MR) is 139 cm³/mol. The summed E-state index contributed by atoms with van der Waals surface area (Å²) in [5.74, 6) is 0.996. The lowest BCUT2D eigenvalue weighted by Gasteiger charge is -2.15. The average Bonchev–Trinajstić information content (AvgIpc) is 3.31. The van der Waals surface area contributed by atoms with Crippen molar-refractivity contribution in [3.05, 3.63) is 114 Å². The molecule has 4 aromatic carbocycles. The number of fused-ring (bicyclic) bond motifs is 1. The van der Waals surface area contributed by atoms with Crippen molar-refractivity contribution in [2.75, 3.05) is 7.11 Å². The standard InChI is InChI=1S/C29H23NO5S/c1-34-28-14-8-11-22(19-31)29(28)27-18-23-17-24(35-20-21-9-4-2-5-10-21)15-16-26(23)30(27)36(32,33)25-12-6-3-7-13-25/h2-19H,20H2,1H3. The highest BCUT2D eigenvalue weighted by atomic mass is 32.2. The minimum absolute atomic E-state index is 0.135. The fraction of sp³-hybridized carbons (Fsp3) is 0.0690. The Bertz CT molecular complexity index is 1640. The largest absolute Gasteiger partial charge is 0.496 e. The summed E-state index contributed by atoms with van der Waals surface area (Å²) in [4.78, 5) is 12.1. The summed E-state index contributed by atoms with van der Waals surface area (Å²) in [5.41, 5.74) is 2.53. The molecule has 36 heavy (non-hydrogen) atoms. The van der Waals surface area contributed by atoms with E-state index in [2.05, 4.69) is 0 Å². The van der Waals surface area contributed by atoms with Crippen LogP contribution in [0.3, 0.4) is 0 Å². The molecule has 0 bridgehead atoms. The van der Waals surface area contributed by atoms with E-state index in [1.165, 1.54) is 11.1 Å². The van der Waals surface area contributed by atoms with E-state index in [0.29, 0.717) is 52.1 Å². The molecule has 1 heterocycles. The molecule has 0 spiro atoms. The van der Waals surface area contributed by atoms with E-state index in [1.54, 1.807) is 72.8 Å². The van der Waals surface area contributed by atoms with Gasteiger partial charge in [-0.3, -0.25) is 4.79 Å². The van der Waals surface area contributed by atoms with Gasteiger partial charge in [-0.1, -0.05) is 60.7 Å². The summed E-state index contributed by atoms with van der Waals surface area (Å²) in [5, 5.41) is 0.651. The van der Waals surface area contributed by atoms with Crippen LogP contribution >= 0.6 is 0 Å². The summed E-state index contributed by atoms with van der Waals surface area (Å²) in [6.07, 6.45) is 0.698. The second-order valence-corrected chi connectivity index (χ2v) is 9.94. The first-order chi connectivity index (χ1) is 17.5. The molecule has 1 aromatic heterocycles. The molecule has 0 aliphatic carbocycles. The number of benzene rings is 4. The zero-order chi connectivity index (χ0) is 25.1. The number of ether oxygens (including phenoxy) is 2. The Balaban J connectivity index is 1.72. The first-order valence-electron chi connectivity index (χ1n) is 11.3.